The highest BCUT2D eigenvalue weighted by Gasteiger charge is 2.37. The van der Waals surface area contributed by atoms with Gasteiger partial charge in [-0.3, -0.25) is 0 Å². The lowest BCUT2D eigenvalue weighted by molar-refractivity contribution is 0.0885. The Morgan fingerprint density at radius 1 is 1.22 bits per heavy atom. The second-order valence-corrected chi connectivity index (χ2v) is 7.13. The summed E-state index contributed by atoms with van der Waals surface area (Å²) >= 11 is 0. The highest BCUT2D eigenvalue weighted by molar-refractivity contribution is 4.90. The molecular weight excluding hydrogens is 218 g/mol. The van der Waals surface area contributed by atoms with E-state index in [1.54, 1.807) is 0 Å². The van der Waals surface area contributed by atoms with Crippen LogP contribution < -0.4 is 5.32 Å². The van der Waals surface area contributed by atoms with E-state index in [0.717, 1.165) is 24.4 Å². The first-order valence-corrected chi connectivity index (χ1v) is 8.24. The second-order valence-electron chi connectivity index (χ2n) is 7.13. The number of hydrogen-bond donors (Lipinski definition) is 1. The maximum Gasteiger partial charge on any atom is 0.0103 e. The van der Waals surface area contributed by atoms with Crippen LogP contribution in [0.1, 0.15) is 79.6 Å². The van der Waals surface area contributed by atoms with Gasteiger partial charge >= 0.3 is 0 Å². The summed E-state index contributed by atoms with van der Waals surface area (Å²) in [4.78, 5) is 0. The molecule has 1 saturated carbocycles. The van der Waals surface area contributed by atoms with Crippen molar-refractivity contribution in [1.29, 1.82) is 0 Å². The molecule has 0 saturated heterocycles. The highest BCUT2D eigenvalue weighted by Crippen LogP contribution is 2.43. The second kappa shape index (κ2) is 7.53. The average Bonchev–Trinajstić information content (AvgIpc) is 2.28. The van der Waals surface area contributed by atoms with Gasteiger partial charge in [-0.2, -0.15) is 0 Å². The summed E-state index contributed by atoms with van der Waals surface area (Å²) in [6, 6.07) is 0.742. The summed E-state index contributed by atoms with van der Waals surface area (Å²) in [5.41, 5.74) is 0.539. The average molecular weight is 253 g/mol. The molecule has 0 amide bonds. The molecule has 1 heteroatoms. The van der Waals surface area contributed by atoms with Crippen LogP contribution in [0.3, 0.4) is 0 Å². The van der Waals surface area contributed by atoms with Gasteiger partial charge in [-0.05, 0) is 43.1 Å². The molecule has 1 aliphatic carbocycles. The maximum absolute atomic E-state index is 3.80. The maximum atomic E-state index is 3.80. The van der Waals surface area contributed by atoms with E-state index >= 15 is 0 Å². The van der Waals surface area contributed by atoms with Crippen molar-refractivity contribution in [2.75, 3.05) is 6.54 Å². The molecule has 1 fully saturated rings. The van der Waals surface area contributed by atoms with E-state index in [2.05, 4.69) is 39.9 Å². The Kier molecular flexibility index (Phi) is 6.70. The third-order valence-electron chi connectivity index (χ3n) is 4.98. The minimum atomic E-state index is 0.539. The summed E-state index contributed by atoms with van der Waals surface area (Å²) in [6.07, 6.45) is 9.81. The van der Waals surface area contributed by atoms with Gasteiger partial charge in [0.2, 0.25) is 0 Å². The van der Waals surface area contributed by atoms with Crippen molar-refractivity contribution >= 4 is 0 Å². The van der Waals surface area contributed by atoms with Gasteiger partial charge < -0.3 is 5.32 Å². The minimum absolute atomic E-state index is 0.539. The van der Waals surface area contributed by atoms with Crippen molar-refractivity contribution < 1.29 is 0 Å². The standard InChI is InChI=1S/C17H35N/c1-6-10-14(3)13-16(18-7-2)15-11-8-9-12-17(15,4)5/h14-16,18H,6-13H2,1-5H3. The molecule has 1 rings (SSSR count). The van der Waals surface area contributed by atoms with E-state index in [1.165, 1.54) is 44.9 Å². The summed E-state index contributed by atoms with van der Waals surface area (Å²) in [5, 5.41) is 3.80. The van der Waals surface area contributed by atoms with E-state index in [9.17, 15) is 0 Å². The van der Waals surface area contributed by atoms with Crippen molar-refractivity contribution in [3.05, 3.63) is 0 Å². The fourth-order valence-electron chi connectivity index (χ4n) is 3.96. The van der Waals surface area contributed by atoms with Gasteiger partial charge in [-0.25, -0.2) is 0 Å². The Morgan fingerprint density at radius 3 is 2.50 bits per heavy atom. The van der Waals surface area contributed by atoms with Crippen LogP contribution in [0.2, 0.25) is 0 Å². The highest BCUT2D eigenvalue weighted by atomic mass is 14.9. The van der Waals surface area contributed by atoms with E-state index in [0.29, 0.717) is 5.41 Å². The monoisotopic (exact) mass is 253 g/mol. The fraction of sp³-hybridized carbons (Fsp3) is 1.00. The van der Waals surface area contributed by atoms with Gasteiger partial charge in [-0.15, -0.1) is 0 Å². The van der Waals surface area contributed by atoms with Crippen LogP contribution in [-0.2, 0) is 0 Å². The molecule has 0 spiro atoms. The molecule has 3 unspecified atom stereocenters. The van der Waals surface area contributed by atoms with E-state index < -0.39 is 0 Å². The van der Waals surface area contributed by atoms with E-state index in [-0.39, 0.29) is 0 Å². The van der Waals surface area contributed by atoms with Gasteiger partial charge in [-0.1, -0.05) is 60.3 Å². The minimum Gasteiger partial charge on any atom is -0.314 e. The Labute approximate surface area is 115 Å². The van der Waals surface area contributed by atoms with Gasteiger partial charge in [0.15, 0.2) is 0 Å². The third-order valence-corrected chi connectivity index (χ3v) is 4.98. The largest absolute Gasteiger partial charge is 0.314 e. The lowest BCUT2D eigenvalue weighted by atomic mass is 9.64. The van der Waals surface area contributed by atoms with Gasteiger partial charge in [0.05, 0.1) is 0 Å². The number of rotatable bonds is 7. The van der Waals surface area contributed by atoms with Gasteiger partial charge in [0.25, 0.3) is 0 Å². The Bertz CT molecular complexity index is 222. The molecule has 0 heterocycles. The molecule has 0 aliphatic heterocycles. The van der Waals surface area contributed by atoms with E-state index in [1.807, 2.05) is 0 Å². The number of hydrogen-bond acceptors (Lipinski definition) is 1. The summed E-state index contributed by atoms with van der Waals surface area (Å²) in [5.74, 6) is 1.75. The molecule has 0 aromatic heterocycles. The van der Waals surface area contributed by atoms with Crippen molar-refractivity contribution in [1.82, 2.24) is 5.32 Å². The first kappa shape index (κ1) is 16.0. The molecule has 0 bridgehead atoms. The SMILES string of the molecule is CCCC(C)CC(NCC)C1CCCCC1(C)C. The molecule has 0 aromatic carbocycles. The van der Waals surface area contributed by atoms with Crippen molar-refractivity contribution in [3.63, 3.8) is 0 Å². The molecule has 1 aliphatic rings. The Morgan fingerprint density at radius 2 is 1.94 bits per heavy atom. The Hall–Kier alpha value is -0.0400. The molecular formula is C17H35N. The van der Waals surface area contributed by atoms with Crippen LogP contribution in [0, 0.1) is 17.3 Å². The molecule has 1 N–H and O–H groups in total. The summed E-state index contributed by atoms with van der Waals surface area (Å²) < 4.78 is 0. The zero-order chi connectivity index (χ0) is 13.6. The zero-order valence-electron chi connectivity index (χ0n) is 13.4. The number of nitrogens with one attached hydrogen (secondary N) is 1. The van der Waals surface area contributed by atoms with Crippen LogP contribution in [0.4, 0.5) is 0 Å². The quantitative estimate of drug-likeness (QED) is 0.672. The first-order valence-electron chi connectivity index (χ1n) is 8.24. The lowest BCUT2D eigenvalue weighted by Gasteiger charge is -2.44. The van der Waals surface area contributed by atoms with Crippen LogP contribution in [0.15, 0.2) is 0 Å². The molecule has 0 radical (unpaired) electrons. The summed E-state index contributed by atoms with van der Waals surface area (Å²) in [6.45, 7) is 13.1. The predicted molar refractivity (Wildman–Crippen MR) is 81.9 cm³/mol. The van der Waals surface area contributed by atoms with Gasteiger partial charge in [0.1, 0.15) is 0 Å². The smallest absolute Gasteiger partial charge is 0.0103 e. The topological polar surface area (TPSA) is 12.0 Å². The molecule has 18 heavy (non-hydrogen) atoms. The Balaban J connectivity index is 2.64. The van der Waals surface area contributed by atoms with Crippen LogP contribution in [0.5, 0.6) is 0 Å². The van der Waals surface area contributed by atoms with Crippen molar-refractivity contribution in [2.45, 2.75) is 85.6 Å². The third kappa shape index (κ3) is 4.57. The van der Waals surface area contributed by atoms with Crippen LogP contribution >= 0.6 is 0 Å². The van der Waals surface area contributed by atoms with Crippen molar-refractivity contribution in [3.8, 4) is 0 Å². The van der Waals surface area contributed by atoms with Crippen LogP contribution in [-0.4, -0.2) is 12.6 Å². The predicted octanol–water partition coefficient (Wildman–Crippen LogP) is 5.01. The van der Waals surface area contributed by atoms with Crippen LogP contribution in [0.25, 0.3) is 0 Å². The normalized spacial score (nSPS) is 26.8. The summed E-state index contributed by atoms with van der Waals surface area (Å²) in [7, 11) is 0. The van der Waals surface area contributed by atoms with Gasteiger partial charge in [0, 0.05) is 6.04 Å². The van der Waals surface area contributed by atoms with E-state index in [4.69, 9.17) is 0 Å². The molecule has 3 atom stereocenters. The lowest BCUT2D eigenvalue weighted by Crippen LogP contribution is -2.45. The zero-order valence-corrected chi connectivity index (χ0v) is 13.4. The molecule has 0 aromatic rings. The fourth-order valence-corrected chi connectivity index (χ4v) is 3.96. The van der Waals surface area contributed by atoms with Crippen molar-refractivity contribution in [2.24, 2.45) is 17.3 Å². The molecule has 108 valence electrons. The molecule has 1 nitrogen and oxygen atoms in total. The first-order chi connectivity index (χ1) is 8.51.